The van der Waals surface area contributed by atoms with Gasteiger partial charge in [0.15, 0.2) is 0 Å². The topological polar surface area (TPSA) is 71.4 Å². The first kappa shape index (κ1) is 23.8. The molecule has 0 heterocycles. The Morgan fingerprint density at radius 3 is 2.15 bits per heavy atom. The Hall–Kier alpha value is -1.97. The number of allylic oxidation sites excluding steroid dienone is 6. The highest BCUT2D eigenvalue weighted by atomic mass is 16.4. The van der Waals surface area contributed by atoms with Crippen molar-refractivity contribution in [3.8, 4) is 0 Å². The van der Waals surface area contributed by atoms with E-state index < -0.39 is 16.8 Å². The number of hydrogen-bond donors (Lipinski definition) is 1. The quantitative estimate of drug-likeness (QED) is 0.452. The summed E-state index contributed by atoms with van der Waals surface area (Å²) in [7, 11) is 0. The van der Waals surface area contributed by atoms with E-state index in [9.17, 15) is 19.5 Å². The van der Waals surface area contributed by atoms with Crippen LogP contribution in [0.25, 0.3) is 0 Å². The normalized spacial score (nSPS) is 47.3. The second kappa shape index (κ2) is 6.62. The van der Waals surface area contributed by atoms with Gasteiger partial charge >= 0.3 is 5.97 Å². The van der Waals surface area contributed by atoms with Crippen LogP contribution in [-0.2, 0) is 14.4 Å². The Balaban J connectivity index is 1.65. The van der Waals surface area contributed by atoms with Gasteiger partial charge in [-0.05, 0) is 105 Å². The minimum atomic E-state index is -0.800. The second-order valence-corrected chi connectivity index (χ2v) is 13.9. The molecule has 34 heavy (non-hydrogen) atoms. The zero-order valence-electron chi connectivity index (χ0n) is 21.9. The van der Waals surface area contributed by atoms with Gasteiger partial charge in [0.05, 0.1) is 10.8 Å². The average Bonchev–Trinajstić information content (AvgIpc) is 2.76. The fraction of sp³-hybridized carbons (Fsp3) is 0.700. The maximum atomic E-state index is 12.7. The highest BCUT2D eigenvalue weighted by Crippen LogP contribution is 2.75. The molecule has 3 saturated carbocycles. The molecule has 0 aromatic heterocycles. The van der Waals surface area contributed by atoms with Gasteiger partial charge in [-0.2, -0.15) is 0 Å². The van der Waals surface area contributed by atoms with Crippen LogP contribution in [0, 0.1) is 38.4 Å². The maximum absolute atomic E-state index is 12.7. The van der Waals surface area contributed by atoms with Crippen molar-refractivity contribution >= 4 is 17.5 Å². The Labute approximate surface area is 204 Å². The number of rotatable bonds is 1. The van der Waals surface area contributed by atoms with Gasteiger partial charge in [0, 0.05) is 5.41 Å². The summed E-state index contributed by atoms with van der Waals surface area (Å²) in [5.74, 6) is -1.02. The van der Waals surface area contributed by atoms with Crippen molar-refractivity contribution < 1.29 is 19.5 Å². The third kappa shape index (κ3) is 2.63. The SMILES string of the molecule is CC1(C)C(=O)C(=O)C=C2C1=CC=C1[C@@]2(C)CC[C@@]2(C)[C@@H]3C[C@](C)(C(=O)O)CC[C@]3(C)CC[C@]12C. The molecule has 1 N–H and O–H groups in total. The first-order valence-corrected chi connectivity index (χ1v) is 13.0. The van der Waals surface area contributed by atoms with Gasteiger partial charge in [-0.25, -0.2) is 0 Å². The van der Waals surface area contributed by atoms with Gasteiger partial charge in [0.25, 0.3) is 0 Å². The lowest BCUT2D eigenvalue weighted by molar-refractivity contribution is -0.178. The molecule has 4 heteroatoms. The molecule has 0 amide bonds. The summed E-state index contributed by atoms with van der Waals surface area (Å²) in [4.78, 5) is 37.7. The van der Waals surface area contributed by atoms with Crippen molar-refractivity contribution in [1.29, 1.82) is 0 Å². The molecule has 0 aromatic rings. The smallest absolute Gasteiger partial charge is 0.309 e. The molecular weight excluding hydrogens is 424 g/mol. The number of carboxylic acids is 1. The Morgan fingerprint density at radius 2 is 1.50 bits per heavy atom. The minimum Gasteiger partial charge on any atom is -0.481 e. The summed E-state index contributed by atoms with van der Waals surface area (Å²) in [5.41, 5.74) is 1.74. The van der Waals surface area contributed by atoms with E-state index in [1.165, 1.54) is 5.57 Å². The first-order chi connectivity index (χ1) is 15.6. The fourth-order valence-corrected chi connectivity index (χ4v) is 8.98. The predicted molar refractivity (Wildman–Crippen MR) is 132 cm³/mol. The molecule has 0 aliphatic heterocycles. The van der Waals surface area contributed by atoms with E-state index in [1.807, 2.05) is 20.8 Å². The number of carbonyl (C=O) groups is 3. The van der Waals surface area contributed by atoms with Crippen LogP contribution in [0.3, 0.4) is 0 Å². The third-order valence-electron chi connectivity index (χ3n) is 11.9. The molecular formula is C30H40O4. The maximum Gasteiger partial charge on any atom is 0.309 e. The zero-order valence-corrected chi connectivity index (χ0v) is 21.9. The van der Waals surface area contributed by atoms with E-state index in [0.717, 1.165) is 56.1 Å². The molecule has 184 valence electrons. The van der Waals surface area contributed by atoms with Crippen molar-refractivity contribution in [2.75, 3.05) is 0 Å². The molecule has 0 saturated heterocycles. The van der Waals surface area contributed by atoms with Gasteiger partial charge in [-0.1, -0.05) is 45.4 Å². The molecule has 3 fully saturated rings. The van der Waals surface area contributed by atoms with Gasteiger partial charge in [-0.15, -0.1) is 0 Å². The Morgan fingerprint density at radius 1 is 0.853 bits per heavy atom. The van der Waals surface area contributed by atoms with Gasteiger partial charge in [0.2, 0.25) is 11.6 Å². The van der Waals surface area contributed by atoms with Crippen LogP contribution < -0.4 is 0 Å². The number of aliphatic carboxylic acids is 1. The average molecular weight is 465 g/mol. The minimum absolute atomic E-state index is 0.0155. The van der Waals surface area contributed by atoms with Crippen LogP contribution in [0.4, 0.5) is 0 Å². The van der Waals surface area contributed by atoms with Crippen molar-refractivity contribution in [3.63, 3.8) is 0 Å². The lowest BCUT2D eigenvalue weighted by Gasteiger charge is -2.70. The van der Waals surface area contributed by atoms with Crippen molar-refractivity contribution in [2.45, 2.75) is 93.4 Å². The van der Waals surface area contributed by atoms with E-state index >= 15 is 0 Å². The van der Waals surface area contributed by atoms with Gasteiger partial charge in [-0.3, -0.25) is 14.4 Å². The van der Waals surface area contributed by atoms with Crippen LogP contribution in [0.1, 0.15) is 93.4 Å². The summed E-state index contributed by atoms with van der Waals surface area (Å²) in [6.07, 6.45) is 12.6. The first-order valence-electron chi connectivity index (χ1n) is 13.0. The summed E-state index contributed by atoms with van der Waals surface area (Å²) in [6, 6.07) is 0. The molecule has 0 radical (unpaired) electrons. The fourth-order valence-electron chi connectivity index (χ4n) is 8.98. The Kier molecular flexibility index (Phi) is 4.62. The third-order valence-corrected chi connectivity index (χ3v) is 11.9. The summed E-state index contributed by atoms with van der Waals surface area (Å²) in [6.45, 7) is 15.2. The van der Waals surface area contributed by atoms with E-state index in [2.05, 4.69) is 39.8 Å². The molecule has 0 unspecified atom stereocenters. The van der Waals surface area contributed by atoms with Crippen molar-refractivity contribution in [1.82, 2.24) is 0 Å². The molecule has 4 nitrogen and oxygen atoms in total. The van der Waals surface area contributed by atoms with Crippen LogP contribution in [-0.4, -0.2) is 22.6 Å². The molecule has 6 atom stereocenters. The molecule has 0 spiro atoms. The van der Waals surface area contributed by atoms with Crippen LogP contribution in [0.15, 0.2) is 34.9 Å². The Bertz CT molecular complexity index is 1120. The molecule has 0 aromatic carbocycles. The van der Waals surface area contributed by atoms with Gasteiger partial charge < -0.3 is 5.11 Å². The number of hydrogen-bond acceptors (Lipinski definition) is 3. The molecule has 5 aliphatic rings. The highest BCUT2D eigenvalue weighted by molar-refractivity contribution is 6.45. The zero-order chi connectivity index (χ0) is 25.1. The van der Waals surface area contributed by atoms with E-state index in [0.29, 0.717) is 5.92 Å². The monoisotopic (exact) mass is 464 g/mol. The number of Topliss-reactive ketones (excluding diaryl/α,β-unsaturated/α-hetero) is 1. The largest absolute Gasteiger partial charge is 0.481 e. The summed E-state index contributed by atoms with van der Waals surface area (Å²) >= 11 is 0. The number of ketones is 2. The second-order valence-electron chi connectivity index (χ2n) is 13.9. The lowest BCUT2D eigenvalue weighted by atomic mass is 9.34. The van der Waals surface area contributed by atoms with Crippen LogP contribution >= 0.6 is 0 Å². The number of fused-ring (bicyclic) bond motifs is 7. The van der Waals surface area contributed by atoms with Crippen molar-refractivity contribution in [3.05, 3.63) is 34.9 Å². The molecule has 5 rings (SSSR count). The standard InChI is InChI=1S/C30H40O4/c1-25(2)18-8-9-21-28(5,19(18)16-20(31)23(25)32)13-15-30(7)22-17-27(4,24(33)34)11-10-26(22,3)12-14-29(21,30)6/h8-9,16,22H,10-15,17H2,1-7H3,(H,33,34)/t22-,26-,27-,28+,29-,30+/m1/s1. The van der Waals surface area contributed by atoms with Crippen LogP contribution in [0.5, 0.6) is 0 Å². The molecule has 5 aliphatic carbocycles. The number of carbonyl (C=O) groups excluding carboxylic acids is 2. The number of carboxylic acid groups (broad SMARTS) is 1. The molecule has 0 bridgehead atoms. The van der Waals surface area contributed by atoms with E-state index in [-0.39, 0.29) is 33.2 Å². The van der Waals surface area contributed by atoms with Crippen molar-refractivity contribution in [2.24, 2.45) is 38.4 Å². The van der Waals surface area contributed by atoms with Crippen LogP contribution in [0.2, 0.25) is 0 Å². The van der Waals surface area contributed by atoms with E-state index in [4.69, 9.17) is 0 Å². The van der Waals surface area contributed by atoms with Gasteiger partial charge in [0.1, 0.15) is 0 Å². The lowest BCUT2D eigenvalue weighted by Crippen LogP contribution is -2.62. The predicted octanol–water partition coefficient (Wildman–Crippen LogP) is 6.46. The van der Waals surface area contributed by atoms with E-state index in [1.54, 1.807) is 6.08 Å². The summed E-state index contributed by atoms with van der Waals surface area (Å²) in [5, 5.41) is 10.1. The summed E-state index contributed by atoms with van der Waals surface area (Å²) < 4.78 is 0. The highest BCUT2D eigenvalue weighted by Gasteiger charge is 2.67.